The standard InChI is InChI=1S/C9H11ClIN3/c10-5-9(2-1-3-9)14-8-7(11)4-12-6-13-8/h4,6H,1-3,5H2,(H,12,13,14). The second kappa shape index (κ2) is 4.18. The molecule has 1 heterocycles. The first kappa shape index (κ1) is 10.4. The molecule has 1 aliphatic rings. The van der Waals surface area contributed by atoms with Gasteiger partial charge in [-0.25, -0.2) is 9.97 Å². The van der Waals surface area contributed by atoms with Gasteiger partial charge in [0.1, 0.15) is 12.1 Å². The molecule has 0 spiro atoms. The molecule has 0 aromatic carbocycles. The van der Waals surface area contributed by atoms with Crippen molar-refractivity contribution < 1.29 is 0 Å². The molecule has 0 bridgehead atoms. The van der Waals surface area contributed by atoms with Crippen molar-refractivity contribution in [2.45, 2.75) is 24.8 Å². The lowest BCUT2D eigenvalue weighted by Gasteiger charge is -2.41. The minimum atomic E-state index is 0.0792. The van der Waals surface area contributed by atoms with Crippen LogP contribution in [0.2, 0.25) is 0 Å². The molecule has 0 radical (unpaired) electrons. The molecular formula is C9H11ClIN3. The van der Waals surface area contributed by atoms with Gasteiger partial charge in [0.05, 0.1) is 9.11 Å². The topological polar surface area (TPSA) is 37.8 Å². The fourth-order valence-electron chi connectivity index (χ4n) is 1.55. The second-order valence-electron chi connectivity index (χ2n) is 3.61. The normalized spacial score (nSPS) is 18.7. The van der Waals surface area contributed by atoms with Gasteiger partial charge in [-0.3, -0.25) is 0 Å². The third-order valence-corrected chi connectivity index (χ3v) is 3.92. The van der Waals surface area contributed by atoms with Crippen LogP contribution in [-0.2, 0) is 0 Å². The van der Waals surface area contributed by atoms with Crippen molar-refractivity contribution in [1.29, 1.82) is 0 Å². The smallest absolute Gasteiger partial charge is 0.143 e. The van der Waals surface area contributed by atoms with Gasteiger partial charge >= 0.3 is 0 Å². The minimum absolute atomic E-state index is 0.0792. The van der Waals surface area contributed by atoms with E-state index >= 15 is 0 Å². The quantitative estimate of drug-likeness (QED) is 0.686. The molecule has 0 aliphatic heterocycles. The second-order valence-corrected chi connectivity index (χ2v) is 5.04. The molecule has 1 saturated carbocycles. The van der Waals surface area contributed by atoms with Crippen molar-refractivity contribution in [1.82, 2.24) is 9.97 Å². The van der Waals surface area contributed by atoms with Crippen molar-refractivity contribution >= 4 is 40.0 Å². The Balaban J connectivity index is 2.13. The van der Waals surface area contributed by atoms with Gasteiger partial charge in [0, 0.05) is 12.1 Å². The number of rotatable bonds is 3. The average Bonchev–Trinajstić information content (AvgIpc) is 2.14. The van der Waals surface area contributed by atoms with Crippen LogP contribution in [0, 0.1) is 3.57 Å². The summed E-state index contributed by atoms with van der Waals surface area (Å²) < 4.78 is 1.04. The third-order valence-electron chi connectivity index (χ3n) is 2.62. The summed E-state index contributed by atoms with van der Waals surface area (Å²) in [5, 5.41) is 3.42. The van der Waals surface area contributed by atoms with Crippen molar-refractivity contribution in [3.05, 3.63) is 16.1 Å². The molecule has 0 amide bonds. The molecule has 1 aromatic heterocycles. The van der Waals surface area contributed by atoms with Gasteiger partial charge in [-0.2, -0.15) is 0 Å². The number of hydrogen-bond donors (Lipinski definition) is 1. The van der Waals surface area contributed by atoms with Gasteiger partial charge in [-0.15, -0.1) is 11.6 Å². The largest absolute Gasteiger partial charge is 0.362 e. The van der Waals surface area contributed by atoms with E-state index in [4.69, 9.17) is 11.6 Å². The monoisotopic (exact) mass is 323 g/mol. The highest BCUT2D eigenvalue weighted by molar-refractivity contribution is 14.1. The molecule has 14 heavy (non-hydrogen) atoms. The molecule has 5 heteroatoms. The number of nitrogens with one attached hydrogen (secondary N) is 1. The molecule has 0 atom stereocenters. The summed E-state index contributed by atoms with van der Waals surface area (Å²) in [5.41, 5.74) is 0.0792. The Morgan fingerprint density at radius 1 is 1.57 bits per heavy atom. The number of aromatic nitrogens is 2. The zero-order chi connectivity index (χ0) is 10.0. The van der Waals surface area contributed by atoms with Crippen LogP contribution in [0.4, 0.5) is 5.82 Å². The Hall–Kier alpha value is -0.100. The summed E-state index contributed by atoms with van der Waals surface area (Å²) in [4.78, 5) is 8.16. The summed E-state index contributed by atoms with van der Waals surface area (Å²) in [5.74, 6) is 1.55. The molecular weight excluding hydrogens is 312 g/mol. The molecule has 1 fully saturated rings. The van der Waals surface area contributed by atoms with E-state index in [2.05, 4.69) is 37.9 Å². The molecule has 1 N–H and O–H groups in total. The molecule has 1 aliphatic carbocycles. The van der Waals surface area contributed by atoms with E-state index in [1.165, 1.54) is 6.42 Å². The maximum absolute atomic E-state index is 5.95. The summed E-state index contributed by atoms with van der Waals surface area (Å²) in [6.07, 6.45) is 6.89. The first-order valence-electron chi connectivity index (χ1n) is 4.55. The maximum Gasteiger partial charge on any atom is 0.143 e. The number of alkyl halides is 1. The Morgan fingerprint density at radius 3 is 2.86 bits per heavy atom. The third kappa shape index (κ3) is 1.95. The van der Waals surface area contributed by atoms with Crippen LogP contribution < -0.4 is 5.32 Å². The van der Waals surface area contributed by atoms with Crippen molar-refractivity contribution in [3.8, 4) is 0 Å². The zero-order valence-electron chi connectivity index (χ0n) is 7.63. The highest BCUT2D eigenvalue weighted by atomic mass is 127. The Kier molecular flexibility index (Phi) is 3.11. The van der Waals surface area contributed by atoms with Crippen LogP contribution >= 0.6 is 34.2 Å². The van der Waals surface area contributed by atoms with Crippen LogP contribution in [-0.4, -0.2) is 21.4 Å². The van der Waals surface area contributed by atoms with Gasteiger partial charge < -0.3 is 5.32 Å². The van der Waals surface area contributed by atoms with Gasteiger partial charge in [-0.05, 0) is 41.9 Å². The van der Waals surface area contributed by atoms with E-state index in [0.717, 1.165) is 22.2 Å². The number of hydrogen-bond acceptors (Lipinski definition) is 3. The molecule has 1 aromatic rings. The van der Waals surface area contributed by atoms with E-state index < -0.39 is 0 Å². The highest BCUT2D eigenvalue weighted by Crippen LogP contribution is 2.36. The minimum Gasteiger partial charge on any atom is -0.362 e. The van der Waals surface area contributed by atoms with Crippen LogP contribution in [0.25, 0.3) is 0 Å². The van der Waals surface area contributed by atoms with Crippen LogP contribution in [0.1, 0.15) is 19.3 Å². The Bertz CT molecular complexity index is 322. The summed E-state index contributed by atoms with van der Waals surface area (Å²) >= 11 is 8.18. The summed E-state index contributed by atoms with van der Waals surface area (Å²) in [6, 6.07) is 0. The van der Waals surface area contributed by atoms with E-state index in [0.29, 0.717) is 5.88 Å². The molecule has 0 saturated heterocycles. The van der Waals surface area contributed by atoms with Crippen LogP contribution in [0.3, 0.4) is 0 Å². The van der Waals surface area contributed by atoms with E-state index in [9.17, 15) is 0 Å². The predicted molar refractivity (Wildman–Crippen MR) is 65.7 cm³/mol. The molecule has 3 nitrogen and oxygen atoms in total. The van der Waals surface area contributed by atoms with Gasteiger partial charge in [0.2, 0.25) is 0 Å². The number of anilines is 1. The van der Waals surface area contributed by atoms with Crippen molar-refractivity contribution in [3.63, 3.8) is 0 Å². The van der Waals surface area contributed by atoms with E-state index in [1.807, 2.05) is 0 Å². The van der Waals surface area contributed by atoms with Crippen LogP contribution in [0.5, 0.6) is 0 Å². The lowest BCUT2D eigenvalue weighted by Crippen LogP contribution is -2.47. The molecule has 0 unspecified atom stereocenters. The van der Waals surface area contributed by atoms with E-state index in [1.54, 1.807) is 12.5 Å². The fraction of sp³-hybridized carbons (Fsp3) is 0.556. The molecule has 76 valence electrons. The van der Waals surface area contributed by atoms with Crippen molar-refractivity contribution in [2.24, 2.45) is 0 Å². The fourth-order valence-corrected chi connectivity index (χ4v) is 2.32. The van der Waals surface area contributed by atoms with E-state index in [-0.39, 0.29) is 5.54 Å². The molecule has 2 rings (SSSR count). The lowest BCUT2D eigenvalue weighted by atomic mass is 9.78. The average molecular weight is 324 g/mol. The summed E-state index contributed by atoms with van der Waals surface area (Å²) in [7, 11) is 0. The van der Waals surface area contributed by atoms with Gasteiger partial charge in [0.25, 0.3) is 0 Å². The summed E-state index contributed by atoms with van der Waals surface area (Å²) in [6.45, 7) is 0. The maximum atomic E-state index is 5.95. The van der Waals surface area contributed by atoms with Gasteiger partial charge in [0.15, 0.2) is 0 Å². The lowest BCUT2D eigenvalue weighted by molar-refractivity contribution is 0.310. The number of halogens is 2. The SMILES string of the molecule is ClCC1(Nc2ncncc2I)CCC1. The van der Waals surface area contributed by atoms with Crippen molar-refractivity contribution in [2.75, 3.05) is 11.2 Å². The van der Waals surface area contributed by atoms with Gasteiger partial charge in [-0.1, -0.05) is 0 Å². The first-order valence-corrected chi connectivity index (χ1v) is 6.17. The Labute approximate surface area is 102 Å². The highest BCUT2D eigenvalue weighted by Gasteiger charge is 2.36. The Morgan fingerprint density at radius 2 is 2.36 bits per heavy atom. The number of nitrogens with zero attached hydrogens (tertiary/aromatic N) is 2. The first-order chi connectivity index (χ1) is 6.76. The zero-order valence-corrected chi connectivity index (χ0v) is 10.5. The van der Waals surface area contributed by atoms with Crippen LogP contribution in [0.15, 0.2) is 12.5 Å². The predicted octanol–water partition coefficient (Wildman–Crippen LogP) is 2.65.